The van der Waals surface area contributed by atoms with Crippen molar-refractivity contribution in [3.05, 3.63) is 58.3 Å². The third-order valence-electron chi connectivity index (χ3n) is 4.17. The summed E-state index contributed by atoms with van der Waals surface area (Å²) in [6.45, 7) is 0. The van der Waals surface area contributed by atoms with Crippen LogP contribution >= 0.6 is 23.2 Å². The average Bonchev–Trinajstić information content (AvgIpc) is 3.29. The summed E-state index contributed by atoms with van der Waals surface area (Å²) < 4.78 is 29.0. The largest absolute Gasteiger partial charge is 0.322 e. The second-order valence-corrected chi connectivity index (χ2v) is 8.91. The van der Waals surface area contributed by atoms with Gasteiger partial charge in [0, 0.05) is 11.7 Å². The van der Waals surface area contributed by atoms with Gasteiger partial charge in [-0.15, -0.1) is 5.10 Å². The van der Waals surface area contributed by atoms with E-state index in [-0.39, 0.29) is 26.5 Å². The lowest BCUT2D eigenvalue weighted by molar-refractivity contribution is 0.102. The van der Waals surface area contributed by atoms with E-state index in [1.807, 2.05) is 0 Å². The van der Waals surface area contributed by atoms with Crippen molar-refractivity contribution in [3.63, 3.8) is 0 Å². The topological polar surface area (TPSA) is 119 Å². The fourth-order valence-electron chi connectivity index (χ4n) is 2.60. The minimum absolute atomic E-state index is 0.0138. The normalized spacial score (nSPS) is 14.0. The zero-order chi connectivity index (χ0) is 20.6. The molecule has 12 heteroatoms. The Balaban J connectivity index is 1.62. The van der Waals surface area contributed by atoms with Gasteiger partial charge in [-0.05, 0) is 53.6 Å². The van der Waals surface area contributed by atoms with Crippen LogP contribution in [0, 0.1) is 0 Å². The van der Waals surface area contributed by atoms with Gasteiger partial charge in [-0.1, -0.05) is 29.3 Å². The molecule has 0 atom stereocenters. The molecule has 29 heavy (non-hydrogen) atoms. The van der Waals surface area contributed by atoms with Crippen LogP contribution < -0.4 is 10.0 Å². The Kier molecular flexibility index (Phi) is 5.26. The highest BCUT2D eigenvalue weighted by atomic mass is 35.5. The predicted molar refractivity (Wildman–Crippen MR) is 107 cm³/mol. The molecule has 1 aromatic heterocycles. The Hall–Kier alpha value is -2.53. The molecule has 150 valence electrons. The molecule has 0 unspecified atom stereocenters. The molecule has 0 spiro atoms. The minimum Gasteiger partial charge on any atom is -0.322 e. The van der Waals surface area contributed by atoms with Crippen LogP contribution in [0.4, 0.5) is 5.69 Å². The lowest BCUT2D eigenvalue weighted by Crippen LogP contribution is -2.26. The Labute approximate surface area is 176 Å². The number of carbonyl (C=O) groups is 1. The van der Waals surface area contributed by atoms with Crippen LogP contribution in [-0.2, 0) is 10.0 Å². The lowest BCUT2D eigenvalue weighted by Gasteiger charge is -2.12. The molecule has 2 N–H and O–H groups in total. The fraction of sp³-hybridized carbons (Fsp3) is 0.176. The summed E-state index contributed by atoms with van der Waals surface area (Å²) >= 11 is 12.2. The molecule has 1 amide bonds. The molecule has 3 aromatic rings. The molecule has 1 heterocycles. The highest BCUT2D eigenvalue weighted by Crippen LogP contribution is 2.31. The summed E-state index contributed by atoms with van der Waals surface area (Å²) in [6, 6.07) is 9.12. The summed E-state index contributed by atoms with van der Waals surface area (Å²) in [7, 11) is -3.86. The average molecular weight is 453 g/mol. The van der Waals surface area contributed by atoms with E-state index < -0.39 is 15.9 Å². The fourth-order valence-corrected chi connectivity index (χ4v) is 4.76. The number of carbonyl (C=O) groups excluding carboxylic acids is 1. The van der Waals surface area contributed by atoms with Gasteiger partial charge in [-0.2, -0.15) is 0 Å². The number of halogens is 2. The van der Waals surface area contributed by atoms with E-state index >= 15 is 0 Å². The van der Waals surface area contributed by atoms with Crippen molar-refractivity contribution in [2.45, 2.75) is 23.8 Å². The van der Waals surface area contributed by atoms with Crippen molar-refractivity contribution in [1.29, 1.82) is 0 Å². The number of tetrazole rings is 1. The molecule has 1 aliphatic carbocycles. The Bertz CT molecular complexity index is 1180. The van der Waals surface area contributed by atoms with Crippen LogP contribution in [0.25, 0.3) is 5.69 Å². The quantitative estimate of drug-likeness (QED) is 0.593. The molecule has 4 rings (SSSR count). The first-order valence-corrected chi connectivity index (χ1v) is 10.7. The smallest absolute Gasteiger partial charge is 0.257 e. The van der Waals surface area contributed by atoms with E-state index in [9.17, 15) is 13.2 Å². The van der Waals surface area contributed by atoms with Crippen LogP contribution in [0.3, 0.4) is 0 Å². The van der Waals surface area contributed by atoms with E-state index in [1.165, 1.54) is 23.1 Å². The second kappa shape index (κ2) is 7.71. The Morgan fingerprint density at radius 3 is 2.62 bits per heavy atom. The summed E-state index contributed by atoms with van der Waals surface area (Å²) in [4.78, 5) is 12.6. The van der Waals surface area contributed by atoms with Gasteiger partial charge in [0.1, 0.15) is 11.2 Å². The number of benzene rings is 2. The van der Waals surface area contributed by atoms with Gasteiger partial charge in [0.15, 0.2) is 0 Å². The SMILES string of the molecule is O=C(Nc1cccc(-n2cnnn2)c1)c1cc(S(=O)(=O)NC2CC2)c(Cl)cc1Cl. The van der Waals surface area contributed by atoms with Crippen LogP contribution in [0.1, 0.15) is 23.2 Å². The number of amides is 1. The highest BCUT2D eigenvalue weighted by Gasteiger charge is 2.30. The Morgan fingerprint density at radius 2 is 1.93 bits per heavy atom. The molecule has 0 radical (unpaired) electrons. The number of sulfonamides is 1. The van der Waals surface area contributed by atoms with Gasteiger partial charge >= 0.3 is 0 Å². The van der Waals surface area contributed by atoms with Crippen LogP contribution in [0.5, 0.6) is 0 Å². The highest BCUT2D eigenvalue weighted by molar-refractivity contribution is 7.89. The minimum atomic E-state index is -3.86. The molecular weight excluding hydrogens is 439 g/mol. The van der Waals surface area contributed by atoms with Crippen LogP contribution in [0.15, 0.2) is 47.6 Å². The second-order valence-electron chi connectivity index (χ2n) is 6.42. The zero-order valence-electron chi connectivity index (χ0n) is 14.7. The van der Waals surface area contributed by atoms with Gasteiger partial charge in [0.05, 0.1) is 21.3 Å². The molecule has 9 nitrogen and oxygen atoms in total. The third-order valence-corrected chi connectivity index (χ3v) is 6.47. The molecule has 2 aromatic carbocycles. The van der Waals surface area contributed by atoms with Crippen molar-refractivity contribution in [1.82, 2.24) is 24.9 Å². The van der Waals surface area contributed by atoms with Crippen molar-refractivity contribution >= 4 is 44.8 Å². The van der Waals surface area contributed by atoms with Gasteiger partial charge in [0.2, 0.25) is 10.0 Å². The molecule has 0 aliphatic heterocycles. The standard InChI is InChI=1S/C17H14Cl2N6O3S/c18-14-8-15(19)16(29(27,28)22-10-4-5-10)7-13(14)17(26)21-11-2-1-3-12(6-11)25-9-20-23-24-25/h1-3,6-10,22H,4-5H2,(H,21,26). The molecule has 1 aliphatic rings. The number of rotatable bonds is 6. The summed E-state index contributed by atoms with van der Waals surface area (Å²) in [5.41, 5.74) is 1.07. The summed E-state index contributed by atoms with van der Waals surface area (Å²) in [5, 5.41) is 13.6. The number of anilines is 1. The molecule has 0 bridgehead atoms. The van der Waals surface area contributed by atoms with Crippen LogP contribution in [-0.4, -0.2) is 40.6 Å². The zero-order valence-corrected chi connectivity index (χ0v) is 17.0. The maximum absolute atomic E-state index is 12.8. The van der Waals surface area contributed by atoms with Gasteiger partial charge < -0.3 is 5.32 Å². The van der Waals surface area contributed by atoms with E-state index in [0.717, 1.165) is 12.8 Å². The predicted octanol–water partition coefficient (Wildman–Crippen LogP) is 2.66. The molecular formula is C17H14Cl2N6O3S. The maximum atomic E-state index is 12.8. The first kappa shape index (κ1) is 19.8. The van der Waals surface area contributed by atoms with Crippen molar-refractivity contribution in [2.24, 2.45) is 0 Å². The lowest BCUT2D eigenvalue weighted by atomic mass is 10.2. The first-order chi connectivity index (χ1) is 13.8. The monoisotopic (exact) mass is 452 g/mol. The van der Waals surface area contributed by atoms with Gasteiger partial charge in [0.25, 0.3) is 5.91 Å². The van der Waals surface area contributed by atoms with E-state index in [4.69, 9.17) is 23.2 Å². The van der Waals surface area contributed by atoms with E-state index in [2.05, 4.69) is 25.6 Å². The first-order valence-electron chi connectivity index (χ1n) is 8.49. The number of hydrogen-bond donors (Lipinski definition) is 2. The molecule has 0 saturated heterocycles. The number of aromatic nitrogens is 4. The van der Waals surface area contributed by atoms with Crippen molar-refractivity contribution < 1.29 is 13.2 Å². The molecule has 1 fully saturated rings. The third kappa shape index (κ3) is 4.40. The number of hydrogen-bond acceptors (Lipinski definition) is 6. The summed E-state index contributed by atoms with van der Waals surface area (Å²) in [5.74, 6) is -0.580. The molecule has 1 saturated carbocycles. The Morgan fingerprint density at radius 1 is 1.14 bits per heavy atom. The van der Waals surface area contributed by atoms with Gasteiger partial charge in [-0.25, -0.2) is 17.8 Å². The van der Waals surface area contributed by atoms with E-state index in [0.29, 0.717) is 11.4 Å². The van der Waals surface area contributed by atoms with Crippen molar-refractivity contribution in [3.8, 4) is 5.69 Å². The van der Waals surface area contributed by atoms with E-state index in [1.54, 1.807) is 24.3 Å². The van der Waals surface area contributed by atoms with Crippen molar-refractivity contribution in [2.75, 3.05) is 5.32 Å². The van der Waals surface area contributed by atoms with Crippen LogP contribution in [0.2, 0.25) is 10.0 Å². The summed E-state index contributed by atoms with van der Waals surface area (Å²) in [6.07, 6.45) is 2.96. The number of nitrogens with zero attached hydrogens (tertiary/aromatic N) is 4. The van der Waals surface area contributed by atoms with Gasteiger partial charge in [-0.3, -0.25) is 4.79 Å². The number of nitrogens with one attached hydrogen (secondary N) is 2. The maximum Gasteiger partial charge on any atom is 0.257 e.